The maximum atomic E-state index is 4.42. The number of aryl methyl sites for hydroxylation is 4. The van der Waals surface area contributed by atoms with Gasteiger partial charge in [-0.3, -0.25) is 0 Å². The maximum absolute atomic E-state index is 4.42. The summed E-state index contributed by atoms with van der Waals surface area (Å²) in [5.41, 5.74) is 11.4. The van der Waals surface area contributed by atoms with Crippen LogP contribution in [-0.2, 0) is 19.3 Å². The quantitative estimate of drug-likeness (QED) is 0.504. The second-order valence-electron chi connectivity index (χ2n) is 7.57. The van der Waals surface area contributed by atoms with Crippen LogP contribution in [0.1, 0.15) is 67.9 Å². The Morgan fingerprint density at radius 1 is 0.920 bits per heavy atom. The van der Waals surface area contributed by atoms with Crippen LogP contribution in [-0.4, -0.2) is 0 Å². The average molecular weight is 333 g/mol. The predicted octanol–water partition coefficient (Wildman–Crippen LogP) is 7.16. The molecule has 0 nitrogen and oxygen atoms in total. The molecule has 0 aliphatic heterocycles. The van der Waals surface area contributed by atoms with Crippen LogP contribution in [0, 0.1) is 12.8 Å². The Labute approximate surface area is 154 Å². The number of allylic oxidation sites excluding steroid dienone is 1. The van der Waals surface area contributed by atoms with Crippen molar-refractivity contribution < 1.29 is 0 Å². The van der Waals surface area contributed by atoms with Gasteiger partial charge in [-0.05, 0) is 89.5 Å². The molecule has 2 aromatic carbocycles. The molecule has 0 unspecified atom stereocenters. The summed E-state index contributed by atoms with van der Waals surface area (Å²) in [6, 6.07) is 11.8. The molecule has 0 heteroatoms. The molecular formula is C25H32. The van der Waals surface area contributed by atoms with Gasteiger partial charge in [-0.2, -0.15) is 0 Å². The van der Waals surface area contributed by atoms with E-state index in [9.17, 15) is 0 Å². The van der Waals surface area contributed by atoms with Gasteiger partial charge in [0.1, 0.15) is 0 Å². The van der Waals surface area contributed by atoms with Crippen LogP contribution in [0.5, 0.6) is 0 Å². The predicted molar refractivity (Wildman–Crippen MR) is 111 cm³/mol. The summed E-state index contributed by atoms with van der Waals surface area (Å²) in [5, 5.41) is 0. The number of rotatable bonds is 7. The molecule has 132 valence electrons. The highest BCUT2D eigenvalue weighted by atomic mass is 14.3. The average Bonchev–Trinajstić information content (AvgIpc) is 3.45. The van der Waals surface area contributed by atoms with Crippen LogP contribution < -0.4 is 0 Å². The van der Waals surface area contributed by atoms with E-state index in [1.807, 2.05) is 0 Å². The largest absolute Gasteiger partial charge is 0.0949 e. The minimum atomic E-state index is 0.731. The second kappa shape index (κ2) is 7.60. The molecule has 0 spiro atoms. The lowest BCUT2D eigenvalue weighted by Gasteiger charge is -2.17. The normalized spacial score (nSPS) is 13.9. The number of hydrogen-bond acceptors (Lipinski definition) is 0. The van der Waals surface area contributed by atoms with Crippen molar-refractivity contribution in [3.8, 4) is 11.1 Å². The highest BCUT2D eigenvalue weighted by Crippen LogP contribution is 2.43. The topological polar surface area (TPSA) is 0 Å². The standard InChI is InChI=1S/C25H32/c1-6-9-22-16-23(13-10-19(22)7-2)24-14-17(4)25(20(8-3)15-24)18(5)21-11-12-21/h10,13-16,21H,5-9,11-12H2,1-4H3. The van der Waals surface area contributed by atoms with Crippen molar-refractivity contribution in [2.45, 2.75) is 66.2 Å². The lowest BCUT2D eigenvalue weighted by Crippen LogP contribution is -1.99. The van der Waals surface area contributed by atoms with Crippen molar-refractivity contribution in [3.05, 3.63) is 64.7 Å². The molecule has 0 aromatic heterocycles. The van der Waals surface area contributed by atoms with E-state index in [4.69, 9.17) is 0 Å². The van der Waals surface area contributed by atoms with Crippen molar-refractivity contribution in [1.82, 2.24) is 0 Å². The van der Waals surface area contributed by atoms with E-state index in [0.717, 1.165) is 18.8 Å². The van der Waals surface area contributed by atoms with E-state index >= 15 is 0 Å². The molecule has 25 heavy (non-hydrogen) atoms. The summed E-state index contributed by atoms with van der Waals surface area (Å²) in [6.07, 6.45) is 7.22. The van der Waals surface area contributed by atoms with E-state index in [2.05, 4.69) is 64.6 Å². The van der Waals surface area contributed by atoms with Crippen molar-refractivity contribution in [2.24, 2.45) is 5.92 Å². The molecule has 1 saturated carbocycles. The number of hydrogen-bond donors (Lipinski definition) is 0. The third-order valence-corrected chi connectivity index (χ3v) is 5.63. The highest BCUT2D eigenvalue weighted by molar-refractivity contribution is 5.77. The fourth-order valence-corrected chi connectivity index (χ4v) is 4.05. The molecule has 1 fully saturated rings. The third kappa shape index (κ3) is 3.73. The fraction of sp³-hybridized carbons (Fsp3) is 0.440. The van der Waals surface area contributed by atoms with Gasteiger partial charge >= 0.3 is 0 Å². The summed E-state index contributed by atoms with van der Waals surface area (Å²) in [6.45, 7) is 13.5. The zero-order valence-electron chi connectivity index (χ0n) is 16.4. The Bertz CT molecular complexity index is 775. The van der Waals surface area contributed by atoms with Crippen molar-refractivity contribution in [3.63, 3.8) is 0 Å². The van der Waals surface area contributed by atoms with Gasteiger partial charge in [-0.25, -0.2) is 0 Å². The third-order valence-electron chi connectivity index (χ3n) is 5.63. The first kappa shape index (κ1) is 18.0. The van der Waals surface area contributed by atoms with Crippen LogP contribution in [0.4, 0.5) is 0 Å². The van der Waals surface area contributed by atoms with Gasteiger partial charge < -0.3 is 0 Å². The minimum Gasteiger partial charge on any atom is -0.0949 e. The maximum Gasteiger partial charge on any atom is -0.0161 e. The van der Waals surface area contributed by atoms with Crippen LogP contribution >= 0.6 is 0 Å². The Morgan fingerprint density at radius 3 is 2.20 bits per heavy atom. The molecule has 2 aromatic rings. The first-order chi connectivity index (χ1) is 12.1. The Hall–Kier alpha value is -1.82. The molecule has 0 atom stereocenters. The van der Waals surface area contributed by atoms with E-state index in [0.29, 0.717) is 0 Å². The van der Waals surface area contributed by atoms with Crippen LogP contribution in [0.15, 0.2) is 36.9 Å². The van der Waals surface area contributed by atoms with Crippen LogP contribution in [0.2, 0.25) is 0 Å². The van der Waals surface area contributed by atoms with Gasteiger partial charge in [-0.1, -0.05) is 64.1 Å². The van der Waals surface area contributed by atoms with Gasteiger partial charge in [0.25, 0.3) is 0 Å². The summed E-state index contributed by atoms with van der Waals surface area (Å²) in [7, 11) is 0. The SMILES string of the molecule is C=C(c1c(C)cc(-c2ccc(CC)c(CCC)c2)cc1CC)C1CC1. The summed E-state index contributed by atoms with van der Waals surface area (Å²) in [5.74, 6) is 0.731. The molecule has 0 amide bonds. The molecule has 3 rings (SSSR count). The minimum absolute atomic E-state index is 0.731. The van der Waals surface area contributed by atoms with Gasteiger partial charge in [0.2, 0.25) is 0 Å². The van der Waals surface area contributed by atoms with Gasteiger partial charge in [0.05, 0.1) is 0 Å². The first-order valence-corrected chi connectivity index (χ1v) is 10.0. The zero-order chi connectivity index (χ0) is 18.0. The molecule has 0 heterocycles. The van der Waals surface area contributed by atoms with E-state index < -0.39 is 0 Å². The Morgan fingerprint density at radius 2 is 1.60 bits per heavy atom. The molecule has 1 aliphatic carbocycles. The van der Waals surface area contributed by atoms with Crippen molar-refractivity contribution in [1.29, 1.82) is 0 Å². The highest BCUT2D eigenvalue weighted by Gasteiger charge is 2.27. The summed E-state index contributed by atoms with van der Waals surface area (Å²) >= 11 is 0. The summed E-state index contributed by atoms with van der Waals surface area (Å²) < 4.78 is 0. The molecule has 1 aliphatic rings. The lowest BCUT2D eigenvalue weighted by atomic mass is 9.87. The number of benzene rings is 2. The first-order valence-electron chi connectivity index (χ1n) is 10.0. The molecule has 0 bridgehead atoms. The van der Waals surface area contributed by atoms with Crippen LogP contribution in [0.25, 0.3) is 16.7 Å². The van der Waals surface area contributed by atoms with E-state index in [1.54, 1.807) is 0 Å². The molecule has 0 N–H and O–H groups in total. The van der Waals surface area contributed by atoms with Gasteiger partial charge in [-0.15, -0.1) is 0 Å². The molecule has 0 saturated heterocycles. The van der Waals surface area contributed by atoms with Gasteiger partial charge in [0, 0.05) is 0 Å². The zero-order valence-corrected chi connectivity index (χ0v) is 16.4. The second-order valence-corrected chi connectivity index (χ2v) is 7.57. The van der Waals surface area contributed by atoms with Crippen molar-refractivity contribution >= 4 is 5.57 Å². The van der Waals surface area contributed by atoms with Crippen molar-refractivity contribution in [2.75, 3.05) is 0 Å². The lowest BCUT2D eigenvalue weighted by molar-refractivity contribution is 0.900. The van der Waals surface area contributed by atoms with Gasteiger partial charge in [0.15, 0.2) is 0 Å². The van der Waals surface area contributed by atoms with E-state index in [-0.39, 0.29) is 0 Å². The smallest absolute Gasteiger partial charge is 0.0161 e. The molecule has 0 radical (unpaired) electrons. The fourth-order valence-electron chi connectivity index (χ4n) is 4.05. The monoisotopic (exact) mass is 332 g/mol. The van der Waals surface area contributed by atoms with E-state index in [1.165, 1.54) is 70.2 Å². The molecular weight excluding hydrogens is 300 g/mol. The summed E-state index contributed by atoms with van der Waals surface area (Å²) in [4.78, 5) is 0. The Kier molecular flexibility index (Phi) is 5.47. The van der Waals surface area contributed by atoms with Crippen LogP contribution in [0.3, 0.4) is 0 Å². The Balaban J connectivity index is 2.04.